The third-order valence-corrected chi connectivity index (χ3v) is 4.19. The summed E-state index contributed by atoms with van der Waals surface area (Å²) in [7, 11) is -3.81. The Morgan fingerprint density at radius 1 is 1.00 bits per heavy atom. The molecule has 0 radical (unpaired) electrons. The van der Waals surface area contributed by atoms with Crippen molar-refractivity contribution in [1.29, 1.82) is 0 Å². The number of nitrogens with zero attached hydrogens (tertiary/aromatic N) is 1. The topological polar surface area (TPSA) is 58.5 Å². The summed E-state index contributed by atoms with van der Waals surface area (Å²) in [6.45, 7) is 1.83. The zero-order valence-corrected chi connectivity index (χ0v) is 12.8. The average Bonchev–Trinajstić information content (AvgIpc) is 2.47. The molecule has 2 aromatic rings. The van der Waals surface area contributed by atoms with E-state index in [0.29, 0.717) is 5.56 Å². The van der Waals surface area contributed by atoms with Gasteiger partial charge in [0, 0.05) is 0 Å². The fraction of sp³-hybridized carbons (Fsp3) is 0.133. The number of aryl methyl sites for hydroxylation is 1. The van der Waals surface area contributed by atoms with Crippen LogP contribution in [0.4, 0.5) is 13.2 Å². The van der Waals surface area contributed by atoms with Gasteiger partial charge in [-0.05, 0) is 36.8 Å². The second kappa shape index (κ2) is 6.41. The number of halogens is 3. The highest BCUT2D eigenvalue weighted by atomic mass is 32.2. The van der Waals surface area contributed by atoms with E-state index in [9.17, 15) is 21.6 Å². The highest BCUT2D eigenvalue weighted by molar-refractivity contribution is 7.89. The molecule has 8 heteroatoms. The van der Waals surface area contributed by atoms with Crippen molar-refractivity contribution in [3.8, 4) is 0 Å². The molecule has 0 atom stereocenters. The van der Waals surface area contributed by atoms with Crippen molar-refractivity contribution in [1.82, 2.24) is 4.83 Å². The van der Waals surface area contributed by atoms with Crippen molar-refractivity contribution in [3.63, 3.8) is 0 Å². The van der Waals surface area contributed by atoms with Gasteiger partial charge in [-0.25, -0.2) is 4.83 Å². The first-order valence-electron chi connectivity index (χ1n) is 6.47. The van der Waals surface area contributed by atoms with Gasteiger partial charge in [0.15, 0.2) is 0 Å². The fourth-order valence-corrected chi connectivity index (χ4v) is 2.49. The lowest BCUT2D eigenvalue weighted by Gasteiger charge is -2.06. The number of nitrogens with one attached hydrogen (secondary N) is 1. The van der Waals surface area contributed by atoms with E-state index in [1.807, 2.05) is 11.8 Å². The minimum absolute atomic E-state index is 0.0488. The van der Waals surface area contributed by atoms with Crippen LogP contribution < -0.4 is 4.83 Å². The van der Waals surface area contributed by atoms with Crippen molar-refractivity contribution in [3.05, 3.63) is 65.2 Å². The summed E-state index contributed by atoms with van der Waals surface area (Å²) in [6, 6.07) is 10.4. The Hall–Kier alpha value is -2.35. The van der Waals surface area contributed by atoms with Gasteiger partial charge in [-0.15, -0.1) is 0 Å². The average molecular weight is 342 g/mol. The van der Waals surface area contributed by atoms with Gasteiger partial charge in [0.2, 0.25) is 0 Å². The van der Waals surface area contributed by atoms with Gasteiger partial charge in [-0.3, -0.25) is 0 Å². The third kappa shape index (κ3) is 4.56. The molecular weight excluding hydrogens is 329 g/mol. The Balaban J connectivity index is 2.07. The van der Waals surface area contributed by atoms with Gasteiger partial charge in [0.05, 0.1) is 16.7 Å². The Kier molecular flexibility index (Phi) is 4.74. The van der Waals surface area contributed by atoms with Gasteiger partial charge >= 0.3 is 6.18 Å². The Bertz CT molecular complexity index is 796. The number of rotatable bonds is 4. The molecule has 0 unspecified atom stereocenters. The quantitative estimate of drug-likeness (QED) is 0.684. The van der Waals surface area contributed by atoms with Crippen LogP contribution in [0.25, 0.3) is 0 Å². The normalized spacial score (nSPS) is 12.5. The van der Waals surface area contributed by atoms with Crippen LogP contribution in [0.3, 0.4) is 0 Å². The van der Waals surface area contributed by atoms with Crippen molar-refractivity contribution in [2.75, 3.05) is 0 Å². The third-order valence-electron chi connectivity index (χ3n) is 2.96. The lowest BCUT2D eigenvalue weighted by Crippen LogP contribution is -2.18. The Morgan fingerprint density at radius 2 is 1.57 bits per heavy atom. The summed E-state index contributed by atoms with van der Waals surface area (Å²) in [4.78, 5) is 2.06. The largest absolute Gasteiger partial charge is 0.416 e. The van der Waals surface area contributed by atoms with Crippen LogP contribution in [0, 0.1) is 6.92 Å². The predicted octanol–water partition coefficient (Wildman–Crippen LogP) is 3.33. The van der Waals surface area contributed by atoms with Gasteiger partial charge < -0.3 is 0 Å². The van der Waals surface area contributed by atoms with Crippen molar-refractivity contribution in [2.45, 2.75) is 18.0 Å². The van der Waals surface area contributed by atoms with Gasteiger partial charge in [-0.2, -0.15) is 26.7 Å². The van der Waals surface area contributed by atoms with E-state index in [1.165, 1.54) is 24.3 Å². The van der Waals surface area contributed by atoms with Crippen LogP contribution in [0.5, 0.6) is 0 Å². The number of sulfonamides is 1. The Morgan fingerprint density at radius 3 is 2.09 bits per heavy atom. The molecule has 0 bridgehead atoms. The van der Waals surface area contributed by atoms with Crippen molar-refractivity contribution < 1.29 is 21.6 Å². The van der Waals surface area contributed by atoms with E-state index in [2.05, 4.69) is 5.10 Å². The fourth-order valence-electron chi connectivity index (χ4n) is 1.70. The van der Waals surface area contributed by atoms with E-state index >= 15 is 0 Å². The second-order valence-electron chi connectivity index (χ2n) is 4.79. The molecule has 23 heavy (non-hydrogen) atoms. The molecule has 0 heterocycles. The molecule has 122 valence electrons. The number of hydrazone groups is 1. The van der Waals surface area contributed by atoms with Crippen LogP contribution in [0.2, 0.25) is 0 Å². The maximum Gasteiger partial charge on any atom is 0.416 e. The molecular formula is C15H13F3N2O2S. The van der Waals surface area contributed by atoms with Crippen molar-refractivity contribution in [2.24, 2.45) is 5.10 Å². The zero-order valence-electron chi connectivity index (χ0n) is 12.0. The minimum atomic E-state index is -4.41. The van der Waals surface area contributed by atoms with Crippen molar-refractivity contribution >= 4 is 16.2 Å². The molecule has 1 N–H and O–H groups in total. The van der Waals surface area contributed by atoms with Crippen LogP contribution in [-0.2, 0) is 16.2 Å². The van der Waals surface area contributed by atoms with Gasteiger partial charge in [-0.1, -0.05) is 29.8 Å². The summed E-state index contributed by atoms with van der Waals surface area (Å²) in [5, 5.41) is 3.56. The molecule has 0 aliphatic rings. The van der Waals surface area contributed by atoms with E-state index in [1.54, 1.807) is 12.1 Å². The maximum atomic E-state index is 12.4. The molecule has 2 rings (SSSR count). The van der Waals surface area contributed by atoms with Crippen LogP contribution in [0.1, 0.15) is 16.7 Å². The molecule has 0 saturated carbocycles. The molecule has 0 spiro atoms. The first-order chi connectivity index (χ1) is 10.7. The van der Waals surface area contributed by atoms with Gasteiger partial charge in [0.1, 0.15) is 0 Å². The monoisotopic (exact) mass is 342 g/mol. The summed E-state index contributed by atoms with van der Waals surface area (Å²) in [6.07, 6.45) is -3.28. The molecule has 0 amide bonds. The smallest absolute Gasteiger partial charge is 0.200 e. The first-order valence-corrected chi connectivity index (χ1v) is 7.95. The summed E-state index contributed by atoms with van der Waals surface area (Å²) >= 11 is 0. The second-order valence-corrected chi connectivity index (χ2v) is 6.45. The molecule has 0 fully saturated rings. The molecule has 0 saturated heterocycles. The summed E-state index contributed by atoms with van der Waals surface area (Å²) in [5.41, 5.74) is 0.469. The maximum absolute atomic E-state index is 12.4. The Labute approximate surface area is 131 Å². The lowest BCUT2D eigenvalue weighted by atomic mass is 10.1. The lowest BCUT2D eigenvalue weighted by molar-refractivity contribution is -0.137. The summed E-state index contributed by atoms with van der Waals surface area (Å²) < 4.78 is 61.1. The minimum Gasteiger partial charge on any atom is -0.200 e. The highest BCUT2D eigenvalue weighted by Crippen LogP contribution is 2.28. The zero-order chi connectivity index (χ0) is 17.1. The summed E-state index contributed by atoms with van der Waals surface area (Å²) in [5.74, 6) is 0. The predicted molar refractivity (Wildman–Crippen MR) is 80.5 cm³/mol. The molecule has 0 aliphatic carbocycles. The SMILES string of the molecule is Cc1ccc(S(=O)(=O)N/N=C\c2ccc(C(F)(F)F)cc2)cc1. The van der Waals surface area contributed by atoms with E-state index < -0.39 is 21.8 Å². The van der Waals surface area contributed by atoms with E-state index in [4.69, 9.17) is 0 Å². The number of alkyl halides is 3. The molecule has 2 aromatic carbocycles. The number of hydrogen-bond acceptors (Lipinski definition) is 3. The first kappa shape index (κ1) is 17.0. The van der Waals surface area contributed by atoms with Crippen LogP contribution in [-0.4, -0.2) is 14.6 Å². The van der Waals surface area contributed by atoms with E-state index in [-0.39, 0.29) is 4.90 Å². The molecule has 0 aliphatic heterocycles. The van der Waals surface area contributed by atoms with Crippen LogP contribution in [0.15, 0.2) is 58.5 Å². The highest BCUT2D eigenvalue weighted by Gasteiger charge is 2.29. The number of hydrogen-bond donors (Lipinski definition) is 1. The number of benzene rings is 2. The molecule has 4 nitrogen and oxygen atoms in total. The van der Waals surface area contributed by atoms with Gasteiger partial charge in [0.25, 0.3) is 10.0 Å². The standard InChI is InChI=1S/C15H13F3N2O2S/c1-11-2-8-14(9-3-11)23(21,22)20-19-10-12-4-6-13(7-5-12)15(16,17)18/h2-10,20H,1H3/b19-10-. The molecule has 0 aromatic heterocycles. The van der Waals surface area contributed by atoms with E-state index in [0.717, 1.165) is 23.9 Å². The van der Waals surface area contributed by atoms with Crippen LogP contribution >= 0.6 is 0 Å².